The van der Waals surface area contributed by atoms with E-state index in [1.807, 2.05) is 13.8 Å². The molecule has 0 bridgehead atoms. The van der Waals surface area contributed by atoms with E-state index in [-0.39, 0.29) is 0 Å². The second kappa shape index (κ2) is 4.37. The van der Waals surface area contributed by atoms with Crippen LogP contribution in [0.15, 0.2) is 0 Å². The van der Waals surface area contributed by atoms with Crippen LogP contribution in [0.25, 0.3) is 0 Å². The minimum atomic E-state index is -3.60. The first-order valence-corrected chi connectivity index (χ1v) is 5.89. The number of hydrogen-bond donors (Lipinski definition) is 1. The summed E-state index contributed by atoms with van der Waals surface area (Å²) in [6.45, 7) is 3.71. The van der Waals surface area contributed by atoms with Gasteiger partial charge in [-0.15, -0.1) is 4.89 Å². The van der Waals surface area contributed by atoms with Crippen LogP contribution in [0.5, 0.6) is 0 Å². The lowest BCUT2D eigenvalue weighted by atomic mass is 9.97. The minimum absolute atomic E-state index is 0.492. The van der Waals surface area contributed by atoms with Crippen LogP contribution >= 0.6 is 8.25 Å². The Morgan fingerprint density at radius 3 is 2.40 bits per heavy atom. The number of alkyl halides is 2. The minimum Gasteiger partial charge on any atom is -0.366 e. The molecule has 1 heterocycles. The summed E-state index contributed by atoms with van der Waals surface area (Å²) < 4.78 is 44.8. The highest BCUT2D eigenvalue weighted by atomic mass is 31.1. The summed E-state index contributed by atoms with van der Waals surface area (Å²) in [4.78, 5) is 8.23. The van der Waals surface area contributed by atoms with Gasteiger partial charge in [0.1, 0.15) is 0 Å². The van der Waals surface area contributed by atoms with Crippen molar-refractivity contribution >= 4 is 8.25 Å². The molecule has 0 aromatic carbocycles. The molecule has 0 spiro atoms. The Kier molecular flexibility index (Phi) is 3.76. The monoisotopic (exact) mass is 243 g/mol. The van der Waals surface area contributed by atoms with Crippen molar-refractivity contribution in [3.63, 3.8) is 0 Å². The molecule has 0 amide bonds. The van der Waals surface area contributed by atoms with Gasteiger partial charge in [0, 0.05) is 4.57 Å². The van der Waals surface area contributed by atoms with Crippen LogP contribution in [-0.2, 0) is 13.8 Å². The highest BCUT2D eigenvalue weighted by Gasteiger charge is 2.59. The smallest absolute Gasteiger partial charge is 0.366 e. The normalized spacial score (nSPS) is 25.1. The highest BCUT2D eigenvalue weighted by Crippen LogP contribution is 2.48. The Hall–Kier alpha value is -0.160. The Morgan fingerprint density at radius 2 is 2.07 bits per heavy atom. The Morgan fingerprint density at radius 1 is 1.53 bits per heavy atom. The fraction of sp³-hybridized carbons (Fsp3) is 1.00. The quantitative estimate of drug-likeness (QED) is 0.575. The number of epoxide rings is 1. The number of rotatable bonds is 6. The second-order valence-electron chi connectivity index (χ2n) is 3.55. The van der Waals surface area contributed by atoms with Gasteiger partial charge >= 0.3 is 14.4 Å². The Labute approximate surface area is 87.5 Å². The van der Waals surface area contributed by atoms with Gasteiger partial charge in [-0.05, 0) is 17.4 Å². The largest absolute Gasteiger partial charge is 0.701 e. The molecule has 0 aromatic rings. The van der Waals surface area contributed by atoms with Gasteiger partial charge in [0.05, 0.1) is 18.1 Å². The lowest BCUT2D eigenvalue weighted by Crippen LogP contribution is -2.23. The van der Waals surface area contributed by atoms with Gasteiger partial charge in [0.25, 0.3) is 0 Å². The summed E-state index contributed by atoms with van der Waals surface area (Å²) in [5.41, 5.74) is -0.492. The molecule has 0 aromatic heterocycles. The Bertz CT molecular complexity index is 255. The van der Waals surface area contributed by atoms with Crippen LogP contribution < -0.4 is 0 Å². The van der Waals surface area contributed by atoms with E-state index in [1.54, 1.807) is 0 Å². The molecule has 1 N–H and O–H groups in total. The van der Waals surface area contributed by atoms with Crippen LogP contribution in [0, 0.1) is 0 Å². The first-order chi connectivity index (χ1) is 6.85. The van der Waals surface area contributed by atoms with E-state index >= 15 is 0 Å². The number of hydrogen-bond acceptors (Lipinski definition) is 3. The molecular formula is C8H14F2O4P+. The maximum absolute atomic E-state index is 12.9. The van der Waals surface area contributed by atoms with Gasteiger partial charge in [0.2, 0.25) is 0 Å². The third-order valence-corrected chi connectivity index (χ3v) is 3.16. The van der Waals surface area contributed by atoms with Crippen molar-refractivity contribution in [2.75, 3.05) is 0 Å². The average molecular weight is 243 g/mol. The number of ether oxygens (including phenoxy) is 1. The molecule has 1 saturated heterocycles. The van der Waals surface area contributed by atoms with Crippen molar-refractivity contribution < 1.29 is 27.5 Å². The molecule has 1 fully saturated rings. The van der Waals surface area contributed by atoms with Gasteiger partial charge in [0.15, 0.2) is 0 Å². The molecule has 2 unspecified atom stereocenters. The van der Waals surface area contributed by atoms with E-state index in [4.69, 9.17) is 9.63 Å². The lowest BCUT2D eigenvalue weighted by molar-refractivity contribution is -0.183. The predicted octanol–water partition coefficient (Wildman–Crippen LogP) is 2.59. The van der Waals surface area contributed by atoms with Crippen molar-refractivity contribution in [2.24, 2.45) is 0 Å². The zero-order chi connectivity index (χ0) is 11.7. The summed E-state index contributed by atoms with van der Waals surface area (Å²) in [5, 5.41) is 0. The van der Waals surface area contributed by atoms with Gasteiger partial charge < -0.3 is 4.74 Å². The Balaban J connectivity index is 2.47. The van der Waals surface area contributed by atoms with E-state index in [2.05, 4.69) is 4.52 Å². The standard InChI is InChI=1S/C8H13F2O4P/c1-3-7(4-2)6(13-7)5-8(9,10)14-15(11)12/h6H,3-5H2,1-2H3/p+1. The van der Waals surface area contributed by atoms with Gasteiger partial charge in [-0.3, -0.25) is 0 Å². The second-order valence-corrected chi connectivity index (χ2v) is 4.21. The first-order valence-electron chi connectivity index (χ1n) is 4.76. The average Bonchev–Trinajstić information content (AvgIpc) is 2.75. The van der Waals surface area contributed by atoms with Crippen molar-refractivity contribution in [2.45, 2.75) is 50.9 Å². The molecule has 4 nitrogen and oxygen atoms in total. The van der Waals surface area contributed by atoms with Gasteiger partial charge in [-0.2, -0.15) is 8.78 Å². The van der Waals surface area contributed by atoms with Gasteiger partial charge in [-0.1, -0.05) is 13.8 Å². The third kappa shape index (κ3) is 3.14. The van der Waals surface area contributed by atoms with Crippen molar-refractivity contribution in [3.8, 4) is 0 Å². The fourth-order valence-corrected chi connectivity index (χ4v) is 2.02. The molecule has 1 aliphatic heterocycles. The molecule has 0 radical (unpaired) electrons. The molecule has 0 aliphatic carbocycles. The van der Waals surface area contributed by atoms with Crippen LogP contribution in [0.1, 0.15) is 33.1 Å². The highest BCUT2D eigenvalue weighted by molar-refractivity contribution is 7.32. The summed E-state index contributed by atoms with van der Waals surface area (Å²) in [7, 11) is -3.29. The SMILES string of the molecule is CCC1(CC)OC1CC(F)(F)O[P+](=O)O. The molecule has 2 atom stereocenters. The molecule has 1 rings (SSSR count). The molecule has 0 saturated carbocycles. The number of halogens is 2. The van der Waals surface area contributed by atoms with Gasteiger partial charge in [-0.25, -0.2) is 0 Å². The maximum atomic E-state index is 12.9. The predicted molar refractivity (Wildman–Crippen MR) is 48.7 cm³/mol. The summed E-state index contributed by atoms with van der Waals surface area (Å²) in [5.74, 6) is 0. The van der Waals surface area contributed by atoms with Crippen molar-refractivity contribution in [1.29, 1.82) is 0 Å². The summed E-state index contributed by atoms with van der Waals surface area (Å²) >= 11 is 0. The molecule has 15 heavy (non-hydrogen) atoms. The first kappa shape index (κ1) is 12.9. The van der Waals surface area contributed by atoms with E-state index < -0.39 is 32.5 Å². The zero-order valence-corrected chi connectivity index (χ0v) is 9.47. The fourth-order valence-electron chi connectivity index (χ4n) is 1.72. The van der Waals surface area contributed by atoms with Crippen LogP contribution in [0.2, 0.25) is 0 Å². The van der Waals surface area contributed by atoms with E-state index in [0.29, 0.717) is 12.8 Å². The topological polar surface area (TPSA) is 59.1 Å². The van der Waals surface area contributed by atoms with E-state index in [1.165, 1.54) is 0 Å². The maximum Gasteiger partial charge on any atom is 0.701 e. The van der Waals surface area contributed by atoms with E-state index in [0.717, 1.165) is 0 Å². The van der Waals surface area contributed by atoms with Crippen molar-refractivity contribution in [3.05, 3.63) is 0 Å². The van der Waals surface area contributed by atoms with Crippen molar-refractivity contribution in [1.82, 2.24) is 0 Å². The van der Waals surface area contributed by atoms with E-state index in [9.17, 15) is 13.3 Å². The molecule has 7 heteroatoms. The summed E-state index contributed by atoms with van der Waals surface area (Å²) in [6, 6.07) is 0. The van der Waals surface area contributed by atoms with Crippen LogP contribution in [0.4, 0.5) is 8.78 Å². The van der Waals surface area contributed by atoms with Crippen LogP contribution in [0.3, 0.4) is 0 Å². The molecular weight excluding hydrogens is 229 g/mol. The molecule has 1 aliphatic rings. The summed E-state index contributed by atoms with van der Waals surface area (Å²) in [6.07, 6.45) is -3.56. The lowest BCUT2D eigenvalue weighted by Gasteiger charge is -2.09. The van der Waals surface area contributed by atoms with Crippen LogP contribution in [-0.4, -0.2) is 22.7 Å². The third-order valence-electron chi connectivity index (χ3n) is 2.74. The zero-order valence-electron chi connectivity index (χ0n) is 8.57. The molecule has 88 valence electrons.